The average Bonchev–Trinajstić information content (AvgIpc) is 2.70. The number of ether oxygens (including phenoxy) is 3. The van der Waals surface area contributed by atoms with Crippen LogP contribution >= 0.6 is 36.6 Å². The molecular formula is C22H35IN2O6S. The maximum Gasteiger partial charge on any atom is 0.305 e. The van der Waals surface area contributed by atoms with E-state index in [1.54, 1.807) is 24.3 Å². The Bertz CT molecular complexity index is 721. The summed E-state index contributed by atoms with van der Waals surface area (Å²) < 4.78 is 16.2. The minimum absolute atomic E-state index is 0. The Balaban J connectivity index is 0.00000961. The molecule has 1 aromatic carbocycles. The quantitative estimate of drug-likeness (QED) is 0.134. The summed E-state index contributed by atoms with van der Waals surface area (Å²) in [4.78, 5) is 35.4. The van der Waals surface area contributed by atoms with Gasteiger partial charge < -0.3 is 24.8 Å². The van der Waals surface area contributed by atoms with Crippen molar-refractivity contribution in [3.05, 3.63) is 24.3 Å². The molecule has 32 heavy (non-hydrogen) atoms. The number of nitrogens with one attached hydrogen (secondary N) is 2. The second-order valence-electron chi connectivity index (χ2n) is 7.31. The summed E-state index contributed by atoms with van der Waals surface area (Å²) in [5, 5.41) is 5.51. The number of rotatable bonds is 14. The minimum atomic E-state index is -1.10. The molecular weight excluding hydrogens is 547 g/mol. The van der Waals surface area contributed by atoms with Crippen LogP contribution in [0.4, 0.5) is 5.69 Å². The van der Waals surface area contributed by atoms with E-state index in [1.807, 2.05) is 0 Å². The first-order valence-electron chi connectivity index (χ1n) is 10.4. The van der Waals surface area contributed by atoms with E-state index in [0.29, 0.717) is 23.8 Å². The lowest BCUT2D eigenvalue weighted by atomic mass is 10.00. The standard InChI is InChI=1S/C22H34N2O6S.HI/c1-5-7-17(14-31)10-11-21(27)24-18-8-6-9-19(12-18)30-22(29-16(3)26)20(13-28-4)23-15(2)25;/h6,8-9,12,17,20,22,31H,5,7,10-11,13-14H2,1-4H3,(H,23,25)(H,24,27);1H. The van der Waals surface area contributed by atoms with Gasteiger partial charge in [0, 0.05) is 39.1 Å². The van der Waals surface area contributed by atoms with Crippen LogP contribution in [0.15, 0.2) is 24.3 Å². The van der Waals surface area contributed by atoms with Crippen LogP contribution < -0.4 is 15.4 Å². The van der Waals surface area contributed by atoms with Crippen molar-refractivity contribution in [2.24, 2.45) is 5.92 Å². The summed E-state index contributed by atoms with van der Waals surface area (Å²) in [6.07, 6.45) is 2.21. The van der Waals surface area contributed by atoms with Gasteiger partial charge in [0.25, 0.3) is 6.29 Å². The van der Waals surface area contributed by atoms with Gasteiger partial charge in [-0.25, -0.2) is 0 Å². The van der Waals surface area contributed by atoms with E-state index in [0.717, 1.165) is 25.0 Å². The first-order chi connectivity index (χ1) is 14.8. The van der Waals surface area contributed by atoms with Crippen molar-refractivity contribution in [1.82, 2.24) is 5.32 Å². The number of esters is 1. The molecule has 1 rings (SSSR count). The Labute approximate surface area is 212 Å². The van der Waals surface area contributed by atoms with Crippen molar-refractivity contribution >= 4 is 60.1 Å². The minimum Gasteiger partial charge on any atom is -0.452 e. The molecule has 0 saturated heterocycles. The van der Waals surface area contributed by atoms with E-state index >= 15 is 0 Å². The third-order valence-electron chi connectivity index (χ3n) is 4.45. The van der Waals surface area contributed by atoms with E-state index in [9.17, 15) is 14.4 Å². The van der Waals surface area contributed by atoms with E-state index in [1.165, 1.54) is 21.0 Å². The van der Waals surface area contributed by atoms with E-state index in [-0.39, 0.29) is 42.4 Å². The molecule has 182 valence electrons. The van der Waals surface area contributed by atoms with Gasteiger partial charge in [-0.15, -0.1) is 24.0 Å². The summed E-state index contributed by atoms with van der Waals surface area (Å²) >= 11 is 4.35. The SMILES string of the molecule is CCCC(CS)CCC(=O)Nc1cccc(OC(OC(C)=O)C(COC)NC(C)=O)c1.I. The van der Waals surface area contributed by atoms with Crippen LogP contribution in [-0.4, -0.2) is 49.6 Å². The van der Waals surface area contributed by atoms with Crippen molar-refractivity contribution in [1.29, 1.82) is 0 Å². The molecule has 3 unspecified atom stereocenters. The van der Waals surface area contributed by atoms with Gasteiger partial charge in [-0.05, 0) is 36.6 Å². The van der Waals surface area contributed by atoms with Crippen LogP contribution in [0.25, 0.3) is 0 Å². The highest BCUT2D eigenvalue weighted by Gasteiger charge is 2.27. The summed E-state index contributed by atoms with van der Waals surface area (Å²) in [6.45, 7) is 4.80. The molecule has 0 radical (unpaired) electrons. The number of hydrogen-bond donors (Lipinski definition) is 3. The third-order valence-corrected chi connectivity index (χ3v) is 4.97. The Hall–Kier alpha value is -1.53. The fourth-order valence-corrected chi connectivity index (χ4v) is 3.42. The van der Waals surface area contributed by atoms with Gasteiger partial charge in [-0.1, -0.05) is 19.4 Å². The normalized spacial score (nSPS) is 13.2. The van der Waals surface area contributed by atoms with Gasteiger partial charge in [-0.3, -0.25) is 14.4 Å². The van der Waals surface area contributed by atoms with Gasteiger partial charge >= 0.3 is 5.97 Å². The second-order valence-corrected chi connectivity index (χ2v) is 7.68. The molecule has 0 aliphatic carbocycles. The Morgan fingerprint density at radius 1 is 1.16 bits per heavy atom. The molecule has 8 nitrogen and oxygen atoms in total. The van der Waals surface area contributed by atoms with Gasteiger partial charge in [0.1, 0.15) is 11.8 Å². The third kappa shape index (κ3) is 12.5. The van der Waals surface area contributed by atoms with Crippen LogP contribution in [0.2, 0.25) is 0 Å². The molecule has 0 aromatic heterocycles. The monoisotopic (exact) mass is 582 g/mol. The molecule has 0 spiro atoms. The van der Waals surface area contributed by atoms with Gasteiger partial charge in [0.15, 0.2) is 0 Å². The van der Waals surface area contributed by atoms with Crippen LogP contribution in [0.1, 0.15) is 46.5 Å². The Morgan fingerprint density at radius 2 is 1.88 bits per heavy atom. The number of carbonyl (C=O) groups excluding carboxylic acids is 3. The zero-order chi connectivity index (χ0) is 23.2. The molecule has 0 saturated carbocycles. The molecule has 0 aliphatic heterocycles. The maximum atomic E-state index is 12.3. The molecule has 0 fully saturated rings. The molecule has 0 aliphatic rings. The van der Waals surface area contributed by atoms with Crippen molar-refractivity contribution in [2.45, 2.75) is 58.8 Å². The lowest BCUT2D eigenvalue weighted by molar-refractivity contribution is -0.168. The van der Waals surface area contributed by atoms with Gasteiger partial charge in [0.05, 0.1) is 6.61 Å². The molecule has 2 N–H and O–H groups in total. The molecule has 3 atom stereocenters. The highest BCUT2D eigenvalue weighted by molar-refractivity contribution is 14.0. The fraction of sp³-hybridized carbons (Fsp3) is 0.591. The van der Waals surface area contributed by atoms with E-state index < -0.39 is 18.3 Å². The number of halogens is 1. The number of anilines is 1. The smallest absolute Gasteiger partial charge is 0.305 e. The predicted molar refractivity (Wildman–Crippen MR) is 138 cm³/mol. The van der Waals surface area contributed by atoms with Crippen LogP contribution in [0.5, 0.6) is 5.75 Å². The zero-order valence-electron chi connectivity index (χ0n) is 19.1. The molecule has 0 bridgehead atoms. The predicted octanol–water partition coefficient (Wildman–Crippen LogP) is 3.79. The van der Waals surface area contributed by atoms with Gasteiger partial charge in [0.2, 0.25) is 11.8 Å². The van der Waals surface area contributed by atoms with Gasteiger partial charge in [-0.2, -0.15) is 12.6 Å². The number of amides is 2. The average molecular weight is 583 g/mol. The number of carbonyl (C=O) groups is 3. The topological polar surface area (TPSA) is 103 Å². The lowest BCUT2D eigenvalue weighted by Gasteiger charge is -2.27. The van der Waals surface area contributed by atoms with Crippen molar-refractivity contribution in [3.63, 3.8) is 0 Å². The molecule has 0 heterocycles. The van der Waals surface area contributed by atoms with Crippen LogP contribution in [-0.2, 0) is 23.9 Å². The number of thiol groups is 1. The van der Waals surface area contributed by atoms with Crippen molar-refractivity contribution in [3.8, 4) is 5.75 Å². The highest BCUT2D eigenvalue weighted by Crippen LogP contribution is 2.21. The molecule has 1 aromatic rings. The van der Waals surface area contributed by atoms with Crippen molar-refractivity contribution < 1.29 is 28.6 Å². The second kappa shape index (κ2) is 17.0. The van der Waals surface area contributed by atoms with E-state index in [2.05, 4.69) is 30.2 Å². The largest absolute Gasteiger partial charge is 0.452 e. The summed E-state index contributed by atoms with van der Waals surface area (Å²) in [5.41, 5.74) is 0.560. The van der Waals surface area contributed by atoms with Crippen LogP contribution in [0.3, 0.4) is 0 Å². The fourth-order valence-electron chi connectivity index (χ4n) is 3.06. The molecule has 10 heteroatoms. The zero-order valence-corrected chi connectivity index (χ0v) is 22.3. The first kappa shape index (κ1) is 30.5. The summed E-state index contributed by atoms with van der Waals surface area (Å²) in [6, 6.07) is 6.05. The number of hydrogen-bond acceptors (Lipinski definition) is 7. The Morgan fingerprint density at radius 3 is 2.44 bits per heavy atom. The van der Waals surface area contributed by atoms with E-state index in [4.69, 9.17) is 14.2 Å². The summed E-state index contributed by atoms with van der Waals surface area (Å²) in [7, 11) is 1.47. The maximum absolute atomic E-state index is 12.3. The highest BCUT2D eigenvalue weighted by atomic mass is 127. The lowest BCUT2D eigenvalue weighted by Crippen LogP contribution is -2.49. The van der Waals surface area contributed by atoms with Crippen LogP contribution in [0, 0.1) is 5.92 Å². The Kier molecular flexibility index (Phi) is 16.2. The molecule has 2 amide bonds. The number of benzene rings is 1. The first-order valence-corrected chi connectivity index (χ1v) is 11.0. The summed E-state index contributed by atoms with van der Waals surface area (Å²) in [5.74, 6) is 0.587. The number of methoxy groups -OCH3 is 1. The van der Waals surface area contributed by atoms with Crippen molar-refractivity contribution in [2.75, 3.05) is 24.8 Å².